The van der Waals surface area contributed by atoms with E-state index in [2.05, 4.69) is 20.3 Å². The Morgan fingerprint density at radius 3 is 2.58 bits per heavy atom. The van der Waals surface area contributed by atoms with Crippen LogP contribution in [0.25, 0.3) is 11.0 Å². The van der Waals surface area contributed by atoms with Crippen molar-refractivity contribution in [2.45, 2.75) is 45.5 Å². The van der Waals surface area contributed by atoms with E-state index < -0.39 is 11.7 Å². The van der Waals surface area contributed by atoms with E-state index in [9.17, 15) is 18.0 Å². The summed E-state index contributed by atoms with van der Waals surface area (Å²) in [4.78, 5) is 18.7. The Morgan fingerprint density at radius 2 is 1.96 bits per heavy atom. The molecule has 0 bridgehead atoms. The van der Waals surface area contributed by atoms with Crippen LogP contribution in [0.5, 0.6) is 0 Å². The molecule has 6 nitrogen and oxygen atoms in total. The first kappa shape index (κ1) is 18.6. The zero-order valence-electron chi connectivity index (χ0n) is 15.0. The largest absolute Gasteiger partial charge is 0.417 e. The van der Waals surface area contributed by atoms with Crippen LogP contribution in [0.4, 0.5) is 13.2 Å². The van der Waals surface area contributed by atoms with Crippen LogP contribution in [0.3, 0.4) is 0 Å². The normalized spacial score (nSPS) is 17.0. The van der Waals surface area contributed by atoms with Crippen molar-refractivity contribution in [1.29, 1.82) is 0 Å². The second-order valence-electron chi connectivity index (χ2n) is 6.90. The van der Waals surface area contributed by atoms with Crippen LogP contribution in [-0.4, -0.2) is 51.8 Å². The first-order valence-corrected chi connectivity index (χ1v) is 8.55. The smallest absolute Gasteiger partial charge is 0.352 e. The zero-order chi connectivity index (χ0) is 19.1. The number of carbonyl (C=O) groups excluding carboxylic acids is 1. The number of aromatic nitrogens is 3. The fraction of sp³-hybridized carbons (Fsp3) is 0.588. The maximum atomic E-state index is 13.3. The molecule has 3 heterocycles. The summed E-state index contributed by atoms with van der Waals surface area (Å²) < 4.78 is 41.3. The van der Waals surface area contributed by atoms with E-state index in [4.69, 9.17) is 0 Å². The molecular formula is C17H22F3N5O. The van der Waals surface area contributed by atoms with Gasteiger partial charge in [0.15, 0.2) is 5.65 Å². The van der Waals surface area contributed by atoms with Crippen molar-refractivity contribution in [1.82, 2.24) is 25.0 Å². The summed E-state index contributed by atoms with van der Waals surface area (Å²) in [6, 6.07) is 1.10. The van der Waals surface area contributed by atoms with Gasteiger partial charge in [-0.2, -0.15) is 18.3 Å². The minimum absolute atomic E-state index is 0.0461. The number of likely N-dealkylation sites (tertiary alicyclic amines) is 1. The third kappa shape index (κ3) is 3.82. The van der Waals surface area contributed by atoms with Crippen molar-refractivity contribution in [3.63, 3.8) is 0 Å². The highest BCUT2D eigenvalue weighted by atomic mass is 19.4. The summed E-state index contributed by atoms with van der Waals surface area (Å²) in [6.07, 6.45) is -2.78. The van der Waals surface area contributed by atoms with Gasteiger partial charge >= 0.3 is 6.18 Å². The number of halogens is 3. The van der Waals surface area contributed by atoms with E-state index in [1.807, 2.05) is 7.05 Å². The Morgan fingerprint density at radius 1 is 1.31 bits per heavy atom. The lowest BCUT2D eigenvalue weighted by molar-refractivity contribution is -0.136. The lowest BCUT2D eigenvalue weighted by atomic mass is 10.1. The second-order valence-corrected chi connectivity index (χ2v) is 6.90. The van der Waals surface area contributed by atoms with Crippen molar-refractivity contribution >= 4 is 16.9 Å². The van der Waals surface area contributed by atoms with Gasteiger partial charge in [-0.1, -0.05) is 0 Å². The molecule has 3 rings (SSSR count). The predicted octanol–water partition coefficient (Wildman–Crippen LogP) is 2.28. The molecule has 26 heavy (non-hydrogen) atoms. The van der Waals surface area contributed by atoms with E-state index in [1.54, 1.807) is 0 Å². The van der Waals surface area contributed by atoms with Crippen molar-refractivity contribution < 1.29 is 18.0 Å². The summed E-state index contributed by atoms with van der Waals surface area (Å²) in [7, 11) is 2.03. The number of nitrogens with zero attached hydrogens (tertiary/aromatic N) is 4. The molecule has 1 aliphatic heterocycles. The number of hydrogen-bond donors (Lipinski definition) is 1. The van der Waals surface area contributed by atoms with E-state index in [0.717, 1.165) is 32.0 Å². The minimum Gasteiger partial charge on any atom is -0.352 e. The average molecular weight is 369 g/mol. The van der Waals surface area contributed by atoms with Gasteiger partial charge in [0.05, 0.1) is 16.6 Å². The van der Waals surface area contributed by atoms with Gasteiger partial charge in [0.25, 0.3) is 0 Å². The standard InChI is InChI=1S/C17H22F3N5O/c1-10-8-13(17(18,19)20)15-11(2)23-25(16(15)21-10)9-14(26)22-12-4-6-24(3)7-5-12/h8,12H,4-7,9H2,1-3H3,(H,22,26). The molecule has 1 aliphatic rings. The van der Waals surface area contributed by atoms with E-state index in [-0.39, 0.29) is 40.9 Å². The third-order valence-electron chi connectivity index (χ3n) is 4.69. The quantitative estimate of drug-likeness (QED) is 0.902. The van der Waals surface area contributed by atoms with Crippen LogP contribution in [0, 0.1) is 13.8 Å². The minimum atomic E-state index is -4.50. The van der Waals surface area contributed by atoms with Crippen molar-refractivity contribution in [2.75, 3.05) is 20.1 Å². The van der Waals surface area contributed by atoms with E-state index in [0.29, 0.717) is 0 Å². The van der Waals surface area contributed by atoms with Crippen LogP contribution in [0.2, 0.25) is 0 Å². The molecule has 1 amide bonds. The maximum Gasteiger partial charge on any atom is 0.417 e. The lowest BCUT2D eigenvalue weighted by Crippen LogP contribution is -2.44. The topological polar surface area (TPSA) is 63.1 Å². The second kappa shape index (κ2) is 6.86. The highest BCUT2D eigenvalue weighted by Gasteiger charge is 2.35. The summed E-state index contributed by atoms with van der Waals surface area (Å²) in [5, 5.41) is 7.03. The summed E-state index contributed by atoms with van der Waals surface area (Å²) >= 11 is 0. The number of aryl methyl sites for hydroxylation is 2. The Bertz CT molecular complexity index is 822. The molecular weight excluding hydrogens is 347 g/mol. The number of rotatable bonds is 3. The van der Waals surface area contributed by atoms with Crippen molar-refractivity contribution in [3.8, 4) is 0 Å². The number of piperidine rings is 1. The molecule has 0 unspecified atom stereocenters. The first-order valence-electron chi connectivity index (χ1n) is 8.55. The molecule has 0 spiro atoms. The number of amides is 1. The van der Waals surface area contributed by atoms with Gasteiger partial charge in [-0.05, 0) is 52.9 Å². The Hall–Kier alpha value is -2.16. The summed E-state index contributed by atoms with van der Waals surface area (Å²) in [6.45, 7) is 4.67. The van der Waals surface area contributed by atoms with Crippen LogP contribution in [-0.2, 0) is 17.5 Å². The number of carbonyl (C=O) groups is 1. The fourth-order valence-corrected chi connectivity index (χ4v) is 3.37. The molecule has 1 saturated heterocycles. The van der Waals surface area contributed by atoms with Gasteiger partial charge in [-0.25, -0.2) is 9.67 Å². The van der Waals surface area contributed by atoms with Crippen LogP contribution in [0.1, 0.15) is 29.8 Å². The number of hydrogen-bond acceptors (Lipinski definition) is 4. The highest BCUT2D eigenvalue weighted by molar-refractivity contribution is 5.85. The first-order chi connectivity index (χ1) is 12.1. The van der Waals surface area contributed by atoms with E-state index in [1.165, 1.54) is 18.5 Å². The molecule has 2 aromatic rings. The third-order valence-corrected chi connectivity index (χ3v) is 4.69. The molecule has 0 aromatic carbocycles. The number of pyridine rings is 1. The molecule has 0 radical (unpaired) electrons. The summed E-state index contributed by atoms with van der Waals surface area (Å²) in [5.74, 6) is -0.263. The molecule has 0 atom stereocenters. The average Bonchev–Trinajstić information content (AvgIpc) is 2.83. The van der Waals surface area contributed by atoms with Gasteiger partial charge in [-0.3, -0.25) is 4.79 Å². The number of alkyl halides is 3. The van der Waals surface area contributed by atoms with Gasteiger partial charge in [0.1, 0.15) is 6.54 Å². The van der Waals surface area contributed by atoms with Gasteiger partial charge in [0.2, 0.25) is 5.91 Å². The Balaban J connectivity index is 1.84. The number of nitrogens with one attached hydrogen (secondary N) is 1. The Labute approximate surface area is 149 Å². The lowest BCUT2D eigenvalue weighted by Gasteiger charge is -2.29. The SMILES string of the molecule is Cc1cc(C(F)(F)F)c2c(C)nn(CC(=O)NC3CCN(C)CC3)c2n1. The van der Waals surface area contributed by atoms with Gasteiger partial charge in [0, 0.05) is 11.7 Å². The molecule has 1 N–H and O–H groups in total. The highest BCUT2D eigenvalue weighted by Crippen LogP contribution is 2.36. The molecule has 1 fully saturated rings. The van der Waals surface area contributed by atoms with Crippen molar-refractivity contribution in [2.24, 2.45) is 0 Å². The van der Waals surface area contributed by atoms with Crippen LogP contribution >= 0.6 is 0 Å². The molecule has 0 saturated carbocycles. The molecule has 9 heteroatoms. The fourth-order valence-electron chi connectivity index (χ4n) is 3.37. The maximum absolute atomic E-state index is 13.3. The van der Waals surface area contributed by atoms with Crippen LogP contribution in [0.15, 0.2) is 6.07 Å². The van der Waals surface area contributed by atoms with Crippen LogP contribution < -0.4 is 5.32 Å². The van der Waals surface area contributed by atoms with Gasteiger partial charge in [-0.15, -0.1) is 0 Å². The molecule has 2 aromatic heterocycles. The summed E-state index contributed by atoms with van der Waals surface area (Å²) in [5.41, 5.74) is -0.221. The molecule has 142 valence electrons. The van der Waals surface area contributed by atoms with E-state index >= 15 is 0 Å². The Kier molecular flexibility index (Phi) is 4.92. The number of fused-ring (bicyclic) bond motifs is 1. The zero-order valence-corrected chi connectivity index (χ0v) is 15.0. The molecule has 0 aliphatic carbocycles. The van der Waals surface area contributed by atoms with Gasteiger partial charge < -0.3 is 10.2 Å². The monoisotopic (exact) mass is 369 g/mol. The predicted molar refractivity (Wildman–Crippen MR) is 90.7 cm³/mol. The van der Waals surface area contributed by atoms with Crippen molar-refractivity contribution in [3.05, 3.63) is 23.0 Å².